The number of amides is 2. The lowest BCUT2D eigenvalue weighted by molar-refractivity contribution is -0.384. The van der Waals surface area contributed by atoms with Gasteiger partial charge in [-0.25, -0.2) is 9.59 Å². The maximum absolute atomic E-state index is 12.7. The van der Waals surface area contributed by atoms with Gasteiger partial charge in [-0.1, -0.05) is 45.1 Å². The smallest absolute Gasteiger partial charge is 0.411 e. The number of aliphatic hydroxyl groups is 1. The molecule has 0 fully saturated rings. The number of hydrogen-bond donors (Lipinski definition) is 3. The highest BCUT2D eigenvalue weighted by atomic mass is 16.6. The van der Waals surface area contributed by atoms with Gasteiger partial charge in [0.25, 0.3) is 5.69 Å². The van der Waals surface area contributed by atoms with Gasteiger partial charge in [-0.3, -0.25) is 20.7 Å². The molecule has 0 aliphatic carbocycles. The number of unbranched alkanes of at least 4 members (excludes halogenated alkanes) is 5. The number of methoxy groups -OCH3 is 1. The fourth-order valence-electron chi connectivity index (χ4n) is 4.63. The van der Waals surface area contributed by atoms with Gasteiger partial charge in [0, 0.05) is 36.1 Å². The van der Waals surface area contributed by atoms with Crippen LogP contribution in [0.15, 0.2) is 70.9 Å². The predicted molar refractivity (Wildman–Crippen MR) is 184 cm³/mol. The normalized spacial score (nSPS) is 10.8. The Morgan fingerprint density at radius 2 is 1.58 bits per heavy atom. The van der Waals surface area contributed by atoms with Crippen molar-refractivity contribution in [3.63, 3.8) is 0 Å². The molecule has 0 heterocycles. The van der Waals surface area contributed by atoms with E-state index in [0.717, 1.165) is 24.8 Å². The zero-order chi connectivity index (χ0) is 34.7. The number of nitro benzene ring substituents is 1. The van der Waals surface area contributed by atoms with E-state index in [1.54, 1.807) is 36.4 Å². The number of azo groups is 1. The van der Waals surface area contributed by atoms with E-state index in [9.17, 15) is 24.8 Å². The molecule has 3 aromatic carbocycles. The summed E-state index contributed by atoms with van der Waals surface area (Å²) < 4.78 is 16.3. The van der Waals surface area contributed by atoms with E-state index >= 15 is 0 Å². The van der Waals surface area contributed by atoms with Crippen LogP contribution in [0.4, 0.5) is 43.7 Å². The van der Waals surface area contributed by atoms with Crippen molar-refractivity contribution in [3.8, 4) is 5.75 Å². The number of rotatable bonds is 19. The third kappa shape index (κ3) is 12.5. The maximum Gasteiger partial charge on any atom is 0.411 e. The Kier molecular flexibility index (Phi) is 15.6. The van der Waals surface area contributed by atoms with Crippen molar-refractivity contribution < 1.29 is 33.8 Å². The number of non-ortho nitro benzene ring substituents is 1. The van der Waals surface area contributed by atoms with Crippen molar-refractivity contribution in [1.29, 1.82) is 0 Å². The zero-order valence-electron chi connectivity index (χ0n) is 27.6. The molecule has 258 valence electrons. The van der Waals surface area contributed by atoms with E-state index in [4.69, 9.17) is 9.47 Å². The van der Waals surface area contributed by atoms with Crippen LogP contribution in [0.5, 0.6) is 5.75 Å². The van der Waals surface area contributed by atoms with Crippen molar-refractivity contribution in [3.05, 3.63) is 76.3 Å². The molecule has 0 bridgehead atoms. The molecule has 2 amide bonds. The summed E-state index contributed by atoms with van der Waals surface area (Å²) in [4.78, 5) is 36.5. The number of nitro groups is 1. The first-order valence-corrected chi connectivity index (χ1v) is 15.9. The molecular formula is C34H44N6O8. The Labute approximate surface area is 280 Å². The van der Waals surface area contributed by atoms with E-state index in [1.807, 2.05) is 11.8 Å². The van der Waals surface area contributed by atoms with E-state index in [0.29, 0.717) is 40.8 Å². The van der Waals surface area contributed by atoms with Gasteiger partial charge in [0.1, 0.15) is 12.4 Å². The highest BCUT2D eigenvalue weighted by Crippen LogP contribution is 2.34. The van der Waals surface area contributed by atoms with Crippen LogP contribution in [0.3, 0.4) is 0 Å². The summed E-state index contributed by atoms with van der Waals surface area (Å²) in [7, 11) is 1.26. The van der Waals surface area contributed by atoms with Gasteiger partial charge < -0.3 is 24.2 Å². The lowest BCUT2D eigenvalue weighted by Gasteiger charge is -2.26. The number of anilines is 3. The Balaban J connectivity index is 1.70. The highest BCUT2D eigenvalue weighted by molar-refractivity contribution is 5.89. The van der Waals surface area contributed by atoms with Crippen LogP contribution < -0.4 is 20.3 Å². The number of benzene rings is 3. The number of carbonyl (C=O) groups excluding carboxylic acids is 2. The molecule has 0 aliphatic heterocycles. The lowest BCUT2D eigenvalue weighted by Crippen LogP contribution is -2.32. The molecule has 0 unspecified atom stereocenters. The molecule has 48 heavy (non-hydrogen) atoms. The second-order valence-corrected chi connectivity index (χ2v) is 10.9. The fraction of sp³-hybridized carbons (Fsp3) is 0.412. The Bertz CT molecular complexity index is 1520. The first kappa shape index (κ1) is 37.2. The quantitative estimate of drug-likeness (QED) is 0.0492. The summed E-state index contributed by atoms with van der Waals surface area (Å²) in [6.45, 7) is 4.83. The number of carbonyl (C=O) groups is 2. The summed E-state index contributed by atoms with van der Waals surface area (Å²) in [5.41, 5.74) is 3.29. The molecule has 3 N–H and O–H groups in total. The Morgan fingerprint density at radius 1 is 0.875 bits per heavy atom. The molecule has 3 rings (SSSR count). The van der Waals surface area contributed by atoms with Crippen LogP contribution in [0.25, 0.3) is 0 Å². The van der Waals surface area contributed by atoms with Crippen molar-refractivity contribution in [2.75, 3.05) is 55.6 Å². The standard InChI is InChI=1S/C34H44N6O8/c1-4-5-6-7-8-9-21-47-32-24-28(38-37-26-12-15-29(16-13-26)40(44)45)14-17-31(32)39(18-20-41)19-22-48-34(43)36-30-23-27(11-10-25(30)2)35-33(42)46-3/h10-17,23-24,41H,4-9,18-22H2,1-3H3,(H,35,42)(H,36,43). The monoisotopic (exact) mass is 664 g/mol. The van der Waals surface area contributed by atoms with Crippen molar-refractivity contribution in [2.24, 2.45) is 10.2 Å². The van der Waals surface area contributed by atoms with Crippen LogP contribution in [0.1, 0.15) is 51.0 Å². The molecule has 14 heteroatoms. The van der Waals surface area contributed by atoms with Gasteiger partial charge in [0.05, 0.1) is 48.9 Å². The number of ether oxygens (including phenoxy) is 3. The Hall–Kier alpha value is -5.24. The topological polar surface area (TPSA) is 177 Å². The molecular weight excluding hydrogens is 620 g/mol. The van der Waals surface area contributed by atoms with Crippen LogP contribution in [-0.4, -0.2) is 62.2 Å². The van der Waals surface area contributed by atoms with Gasteiger partial charge >= 0.3 is 12.2 Å². The molecule has 0 saturated heterocycles. The summed E-state index contributed by atoms with van der Waals surface area (Å²) in [5, 5.41) is 34.5. The largest absolute Gasteiger partial charge is 0.491 e. The van der Waals surface area contributed by atoms with E-state index < -0.39 is 17.1 Å². The molecule has 0 aliphatic rings. The molecule has 0 aromatic heterocycles. The number of hydrogen-bond acceptors (Lipinski definition) is 11. The maximum atomic E-state index is 12.7. The summed E-state index contributed by atoms with van der Waals surface area (Å²) in [6, 6.07) is 16.1. The van der Waals surface area contributed by atoms with E-state index in [1.165, 1.54) is 50.6 Å². The van der Waals surface area contributed by atoms with E-state index in [-0.39, 0.29) is 32.0 Å². The highest BCUT2D eigenvalue weighted by Gasteiger charge is 2.16. The third-order valence-electron chi connectivity index (χ3n) is 7.25. The minimum absolute atomic E-state index is 0.00343. The fourth-order valence-corrected chi connectivity index (χ4v) is 4.63. The second-order valence-electron chi connectivity index (χ2n) is 10.9. The second kappa shape index (κ2) is 20.1. The Morgan fingerprint density at radius 3 is 2.29 bits per heavy atom. The minimum Gasteiger partial charge on any atom is -0.491 e. The van der Waals surface area contributed by atoms with Crippen LogP contribution >= 0.6 is 0 Å². The number of nitrogens with one attached hydrogen (secondary N) is 2. The van der Waals surface area contributed by atoms with Gasteiger partial charge in [0.2, 0.25) is 0 Å². The summed E-state index contributed by atoms with van der Waals surface area (Å²) in [6.07, 6.45) is 5.31. The average Bonchev–Trinajstić information content (AvgIpc) is 3.08. The van der Waals surface area contributed by atoms with Crippen LogP contribution in [0, 0.1) is 17.0 Å². The SMILES string of the molecule is CCCCCCCCOc1cc(N=Nc2ccc([N+](=O)[O-])cc2)ccc1N(CCO)CCOC(=O)Nc1cc(NC(=O)OC)ccc1C. The van der Waals surface area contributed by atoms with Crippen molar-refractivity contribution >= 4 is 46.3 Å². The van der Waals surface area contributed by atoms with Gasteiger partial charge in [-0.05, 0) is 55.3 Å². The van der Waals surface area contributed by atoms with Crippen LogP contribution in [-0.2, 0) is 9.47 Å². The molecule has 0 spiro atoms. The molecule has 3 aromatic rings. The summed E-state index contributed by atoms with van der Waals surface area (Å²) in [5.74, 6) is 0.534. The molecule has 0 saturated carbocycles. The van der Waals surface area contributed by atoms with Gasteiger partial charge in [-0.2, -0.15) is 10.2 Å². The zero-order valence-corrected chi connectivity index (χ0v) is 27.6. The van der Waals surface area contributed by atoms with Crippen LogP contribution in [0.2, 0.25) is 0 Å². The number of aliphatic hydroxyl groups excluding tert-OH is 1. The lowest BCUT2D eigenvalue weighted by atomic mass is 10.1. The van der Waals surface area contributed by atoms with Gasteiger partial charge in [-0.15, -0.1) is 0 Å². The molecule has 0 radical (unpaired) electrons. The van der Waals surface area contributed by atoms with Crippen molar-refractivity contribution in [2.45, 2.75) is 52.4 Å². The average molecular weight is 665 g/mol. The third-order valence-corrected chi connectivity index (χ3v) is 7.25. The first-order valence-electron chi connectivity index (χ1n) is 15.9. The molecule has 14 nitrogen and oxygen atoms in total. The van der Waals surface area contributed by atoms with Gasteiger partial charge in [0.15, 0.2) is 0 Å². The van der Waals surface area contributed by atoms with Crippen molar-refractivity contribution in [1.82, 2.24) is 0 Å². The number of aryl methyl sites for hydroxylation is 1. The van der Waals surface area contributed by atoms with E-state index in [2.05, 4.69) is 32.5 Å². The predicted octanol–water partition coefficient (Wildman–Crippen LogP) is 8.28. The summed E-state index contributed by atoms with van der Waals surface area (Å²) >= 11 is 0. The molecule has 0 atom stereocenters. The minimum atomic E-state index is -0.682. The first-order chi connectivity index (χ1) is 23.2. The number of nitrogens with zero attached hydrogens (tertiary/aromatic N) is 4.